The van der Waals surface area contributed by atoms with Gasteiger partial charge in [0.15, 0.2) is 5.96 Å². The van der Waals surface area contributed by atoms with Gasteiger partial charge >= 0.3 is 5.97 Å². The molecule has 22 N–H and O–H groups in total. The number of nitrogens with two attached hydrogens (primary N) is 6. The van der Waals surface area contributed by atoms with E-state index in [1.54, 1.807) is 24.3 Å². The number of halogens is 1. The summed E-state index contributed by atoms with van der Waals surface area (Å²) in [7, 11) is 0. The summed E-state index contributed by atoms with van der Waals surface area (Å²) in [6.45, 7) is 1.03. The molecule has 27 nitrogen and oxygen atoms in total. The molecular weight excluding hydrogens is 976 g/mol. The Morgan fingerprint density at radius 2 is 1.47 bits per heavy atom. The predicted octanol–water partition coefficient (Wildman–Crippen LogP) is -4.87. The Balaban J connectivity index is 2.25. The van der Waals surface area contributed by atoms with Crippen molar-refractivity contribution in [3.8, 4) is 0 Å². The van der Waals surface area contributed by atoms with Crippen molar-refractivity contribution >= 4 is 76.5 Å². The van der Waals surface area contributed by atoms with Gasteiger partial charge in [0.1, 0.15) is 41.6 Å². The number of aliphatic carboxylic acids is 1. The Labute approximate surface area is 428 Å². The topological polar surface area (TPSA) is 474 Å². The molecule has 28 heteroatoms. The molecule has 1 aromatic rings. The van der Waals surface area contributed by atoms with Crippen LogP contribution in [0, 0.1) is 5.41 Å². The molecule has 1 aliphatic heterocycles. The fourth-order valence-electron chi connectivity index (χ4n) is 7.00. The van der Waals surface area contributed by atoms with Crippen molar-refractivity contribution in [3.63, 3.8) is 0 Å². The number of aliphatic hydroxyl groups is 1. The summed E-state index contributed by atoms with van der Waals surface area (Å²) in [5.41, 5.74) is 33.4. The molecule has 0 unspecified atom stereocenters. The van der Waals surface area contributed by atoms with E-state index in [9.17, 15) is 53.4 Å². The molecule has 0 bridgehead atoms. The summed E-state index contributed by atoms with van der Waals surface area (Å²) in [4.78, 5) is 124. The fraction of sp³-hybridized carbons (Fsp3) is 0.578. The normalized spacial score (nSPS) is 15.9. The maximum atomic E-state index is 14.1. The van der Waals surface area contributed by atoms with Crippen LogP contribution in [0.25, 0.3) is 0 Å². The quantitative estimate of drug-likeness (QED) is 0.0136. The van der Waals surface area contributed by atoms with Crippen LogP contribution in [-0.4, -0.2) is 168 Å². The minimum absolute atomic E-state index is 0.0390. The summed E-state index contributed by atoms with van der Waals surface area (Å²) in [6.07, 6.45) is 2.16. The van der Waals surface area contributed by atoms with Crippen molar-refractivity contribution in [1.82, 2.24) is 42.1 Å². The van der Waals surface area contributed by atoms with E-state index < -0.39 is 114 Å². The van der Waals surface area contributed by atoms with Crippen LogP contribution in [0.1, 0.15) is 76.7 Å². The summed E-state index contributed by atoms with van der Waals surface area (Å²) in [5.74, 6) is -8.57. The zero-order chi connectivity index (χ0) is 54.6. The van der Waals surface area contributed by atoms with E-state index in [4.69, 9.17) is 51.4 Å². The first kappa shape index (κ1) is 62.5. The van der Waals surface area contributed by atoms with E-state index in [-0.39, 0.29) is 82.8 Å². The number of likely N-dealkylation sites (tertiary alicyclic amines) is 1. The van der Waals surface area contributed by atoms with Gasteiger partial charge in [-0.1, -0.05) is 36.2 Å². The number of nitrogens with zero attached hydrogens (tertiary/aromatic N) is 2. The van der Waals surface area contributed by atoms with E-state index in [0.29, 0.717) is 42.8 Å². The first-order valence-electron chi connectivity index (χ1n) is 23.9. The van der Waals surface area contributed by atoms with Gasteiger partial charge in [0, 0.05) is 31.1 Å². The molecule has 1 aliphatic rings. The van der Waals surface area contributed by atoms with Gasteiger partial charge in [-0.05, 0) is 102 Å². The highest BCUT2D eigenvalue weighted by Gasteiger charge is 2.41. The Bertz CT molecular complexity index is 2130. The highest BCUT2D eigenvalue weighted by molar-refractivity contribution is 6.41. The molecular formula is C45H73ClN16O11. The molecule has 1 saturated heterocycles. The summed E-state index contributed by atoms with van der Waals surface area (Å²) >= 11 is 6.09. The molecule has 1 heterocycles. The van der Waals surface area contributed by atoms with Gasteiger partial charge in [0.2, 0.25) is 35.4 Å². The van der Waals surface area contributed by atoms with Gasteiger partial charge in [0.05, 0.1) is 18.7 Å². The predicted molar refractivity (Wildman–Crippen MR) is 270 cm³/mol. The molecule has 0 spiro atoms. The van der Waals surface area contributed by atoms with Crippen LogP contribution in [0.5, 0.6) is 0 Å². The Hall–Kier alpha value is -6.62. The summed E-state index contributed by atoms with van der Waals surface area (Å²) < 4.78 is 0. The average Bonchev–Trinajstić information content (AvgIpc) is 3.33. The lowest BCUT2D eigenvalue weighted by atomic mass is 9.98. The fourth-order valence-corrected chi connectivity index (χ4v) is 7.12. The number of hydrogen-bond acceptors (Lipinski definition) is 16. The van der Waals surface area contributed by atoms with Crippen molar-refractivity contribution in [2.75, 3.05) is 45.8 Å². The number of aliphatic imine (C=N–C) groups is 1. The van der Waals surface area contributed by atoms with Gasteiger partial charge < -0.3 is 86.7 Å². The number of carboxylic acid groups (broad SMARTS) is 1. The lowest BCUT2D eigenvalue weighted by Gasteiger charge is -2.40. The molecule has 1 fully saturated rings. The number of guanidine groups is 1. The largest absolute Gasteiger partial charge is 0.477 e. The Morgan fingerprint density at radius 1 is 0.822 bits per heavy atom. The smallest absolute Gasteiger partial charge is 0.352 e. The molecule has 2 rings (SSSR count). The second-order valence-electron chi connectivity index (χ2n) is 17.1. The third kappa shape index (κ3) is 22.4. The highest BCUT2D eigenvalue weighted by Crippen LogP contribution is 2.20. The summed E-state index contributed by atoms with van der Waals surface area (Å²) in [6, 6.07) is -1.29. The molecule has 0 radical (unpaired) electrons. The van der Waals surface area contributed by atoms with Crippen LogP contribution >= 0.6 is 11.6 Å². The van der Waals surface area contributed by atoms with Crippen molar-refractivity contribution in [2.45, 2.75) is 120 Å². The molecule has 8 amide bonds. The van der Waals surface area contributed by atoms with E-state index in [2.05, 4.69) is 42.2 Å². The van der Waals surface area contributed by atoms with Crippen LogP contribution in [0.4, 0.5) is 0 Å². The second kappa shape index (κ2) is 33.2. The number of amides is 8. The van der Waals surface area contributed by atoms with Crippen LogP contribution < -0.4 is 71.6 Å². The number of carbonyl (C=O) groups is 9. The number of rotatable bonds is 33. The monoisotopic (exact) mass is 1050 g/mol. The van der Waals surface area contributed by atoms with Gasteiger partial charge in [-0.3, -0.25) is 43.8 Å². The van der Waals surface area contributed by atoms with E-state index in [0.717, 1.165) is 4.90 Å². The number of unbranched alkanes of at least 4 members (excludes halogenated alkanes) is 2. The number of carbonyl (C=O) groups excluding carboxylic acids is 8. The number of hydrogen-bond donors (Lipinski definition) is 16. The third-order valence-electron chi connectivity index (χ3n) is 11.2. The first-order chi connectivity index (χ1) is 34.7. The van der Waals surface area contributed by atoms with Gasteiger partial charge in [-0.25, -0.2) is 9.79 Å². The molecule has 7 atom stereocenters. The van der Waals surface area contributed by atoms with E-state index >= 15 is 0 Å². The summed E-state index contributed by atoms with van der Waals surface area (Å²) in [5, 5.41) is 45.0. The van der Waals surface area contributed by atoms with Crippen molar-refractivity contribution in [3.05, 3.63) is 46.6 Å². The van der Waals surface area contributed by atoms with E-state index in [1.165, 1.54) is 13.0 Å². The molecule has 406 valence electrons. The van der Waals surface area contributed by atoms with Crippen molar-refractivity contribution < 1.29 is 53.4 Å². The standard InChI is InChI=1S/C45H73ClN16O11/c1-25(56-42(70)36(34(63)23-50)61-38(66)28(51)8-2-4-17-47)37(65)55-24-35(64)57-30(10-6-19-49)43(71)62-21-16-33(62)41(69)60-32(22-26-12-14-27(46)15-13-26)40(68)58-29(9-3-5-18-48)39(67)59-31(44(72)73)11-7-20-54-45(52)53/h11-15,25,28-29,32-34,36,63H,2-10,16-24,47-51H2,1H3,(H,55,65)(H,56,70)(H,58,68)(H,59,67)(H,60,69)(H,61,66)(H,72,73)(H4,52,53,54)/b31-11-,57-30+/t25-,28-,29-,32-,33-,34-,36-/m0/s1. The van der Waals surface area contributed by atoms with Crippen LogP contribution in [0.2, 0.25) is 5.02 Å². The maximum absolute atomic E-state index is 14.1. The highest BCUT2D eigenvalue weighted by atomic mass is 35.5. The Morgan fingerprint density at radius 3 is 2.04 bits per heavy atom. The number of nitrogens with one attached hydrogen (secondary N) is 8. The van der Waals surface area contributed by atoms with Gasteiger partial charge in [-0.15, -0.1) is 0 Å². The molecule has 0 aromatic heterocycles. The molecule has 0 saturated carbocycles. The lowest BCUT2D eigenvalue weighted by Crippen LogP contribution is -2.63. The second-order valence-corrected chi connectivity index (χ2v) is 17.5. The maximum Gasteiger partial charge on any atom is 0.352 e. The zero-order valence-corrected chi connectivity index (χ0v) is 41.7. The number of benzene rings is 1. The number of aliphatic hydroxyl groups excluding tert-OH is 1. The SMILES string of the molecule is C[C@H](NC(=O)[C@@H](NC(=O)[C@@H](N)CCCCN)[C@@H](O)CN)C(=O)NCC(=O)/N=C(\CCCN)C(=O)N1CC[C@H]1C(=O)N[C@@H](Cc1ccc(Cl)cc1)C(=O)N[C@@H](CCCCN)C(=O)N/C(=C\CCNC(=N)N)C(=O)O. The van der Waals surface area contributed by atoms with Crippen LogP contribution in [0.15, 0.2) is 41.0 Å². The van der Waals surface area contributed by atoms with E-state index in [1.807, 2.05) is 0 Å². The van der Waals surface area contributed by atoms with Crippen molar-refractivity contribution in [1.29, 1.82) is 5.41 Å². The third-order valence-corrected chi connectivity index (χ3v) is 11.5. The van der Waals surface area contributed by atoms with Crippen molar-refractivity contribution in [2.24, 2.45) is 39.4 Å². The molecule has 0 aliphatic carbocycles. The van der Waals surface area contributed by atoms with Crippen LogP contribution in [0.3, 0.4) is 0 Å². The van der Waals surface area contributed by atoms with Crippen LogP contribution in [-0.2, 0) is 49.6 Å². The van der Waals surface area contributed by atoms with Gasteiger partial charge in [0.25, 0.3) is 11.8 Å². The first-order valence-corrected chi connectivity index (χ1v) is 24.3. The Kier molecular flexibility index (Phi) is 28.4. The average molecular weight is 1050 g/mol. The minimum atomic E-state index is -1.57. The zero-order valence-electron chi connectivity index (χ0n) is 41.0. The molecule has 73 heavy (non-hydrogen) atoms. The molecule has 1 aromatic carbocycles. The minimum Gasteiger partial charge on any atom is -0.477 e. The van der Waals surface area contributed by atoms with Gasteiger partial charge in [-0.2, -0.15) is 0 Å². The lowest BCUT2D eigenvalue weighted by molar-refractivity contribution is -0.144. The number of carboxylic acids is 1.